The zero-order valence-corrected chi connectivity index (χ0v) is 12.4. The van der Waals surface area contributed by atoms with Crippen LogP contribution in [0.3, 0.4) is 0 Å². The van der Waals surface area contributed by atoms with Crippen molar-refractivity contribution in [3.05, 3.63) is 36.7 Å². The van der Waals surface area contributed by atoms with Crippen LogP contribution in [0.25, 0.3) is 0 Å². The Labute approximate surface area is 118 Å². The van der Waals surface area contributed by atoms with Gasteiger partial charge in [-0.05, 0) is 18.1 Å². The lowest BCUT2D eigenvalue weighted by Gasteiger charge is -2.21. The van der Waals surface area contributed by atoms with Gasteiger partial charge in [0.05, 0.1) is 6.04 Å². The molecule has 0 amide bonds. The van der Waals surface area contributed by atoms with Crippen LogP contribution in [0.15, 0.2) is 35.7 Å². The van der Waals surface area contributed by atoms with Crippen LogP contribution in [0.5, 0.6) is 0 Å². The molecule has 0 unspecified atom stereocenters. The molecule has 0 bridgehead atoms. The van der Waals surface area contributed by atoms with Crippen molar-refractivity contribution in [3.8, 4) is 0 Å². The first-order valence-electron chi connectivity index (χ1n) is 6.18. The average molecular weight is 295 g/mol. The molecule has 2 rings (SSSR count). The van der Waals surface area contributed by atoms with Gasteiger partial charge in [0.25, 0.3) is 0 Å². The van der Waals surface area contributed by atoms with Crippen LogP contribution in [0.2, 0.25) is 0 Å². The predicted molar refractivity (Wildman–Crippen MR) is 73.1 cm³/mol. The Hall–Kier alpha value is -1.80. The lowest BCUT2D eigenvalue weighted by molar-refractivity contribution is 0.429. The molecule has 7 nitrogen and oxygen atoms in total. The number of nitrogens with zero attached hydrogens (tertiary/aromatic N) is 4. The minimum absolute atomic E-state index is 0.0318. The number of aromatic nitrogens is 4. The maximum Gasteiger partial charge on any atom is 0.242 e. The Kier molecular flexibility index (Phi) is 4.15. The minimum atomic E-state index is -3.64. The Balaban J connectivity index is 2.32. The number of sulfonamides is 1. The molecule has 0 saturated heterocycles. The summed E-state index contributed by atoms with van der Waals surface area (Å²) in [6.07, 6.45) is 4.25. The fraction of sp³-hybridized carbons (Fsp3) is 0.417. The molecule has 0 aliphatic rings. The molecule has 0 radical (unpaired) electrons. The minimum Gasteiger partial charge on any atom is -0.263 e. The Morgan fingerprint density at radius 3 is 2.60 bits per heavy atom. The van der Waals surface area contributed by atoms with Gasteiger partial charge >= 0.3 is 0 Å². The van der Waals surface area contributed by atoms with E-state index in [0.717, 1.165) is 0 Å². The van der Waals surface area contributed by atoms with E-state index >= 15 is 0 Å². The Bertz CT molecular complexity index is 666. The van der Waals surface area contributed by atoms with Crippen molar-refractivity contribution in [2.45, 2.75) is 24.8 Å². The molecule has 0 spiro atoms. The van der Waals surface area contributed by atoms with Crippen LogP contribution < -0.4 is 4.72 Å². The summed E-state index contributed by atoms with van der Waals surface area (Å²) in [6.45, 7) is 3.84. The summed E-state index contributed by atoms with van der Waals surface area (Å²) in [5.74, 6) is 0.608. The highest BCUT2D eigenvalue weighted by atomic mass is 32.2. The summed E-state index contributed by atoms with van der Waals surface area (Å²) in [4.78, 5) is 8.09. The normalized spacial score (nSPS) is 13.6. The number of hydrogen-bond acceptors (Lipinski definition) is 5. The first-order chi connectivity index (χ1) is 9.42. The second-order valence-electron chi connectivity index (χ2n) is 4.77. The highest BCUT2D eigenvalue weighted by Gasteiger charge is 2.27. The largest absolute Gasteiger partial charge is 0.263 e. The zero-order valence-electron chi connectivity index (χ0n) is 11.6. The fourth-order valence-electron chi connectivity index (χ4n) is 1.81. The molecule has 2 heterocycles. The van der Waals surface area contributed by atoms with Gasteiger partial charge < -0.3 is 0 Å². The van der Waals surface area contributed by atoms with Crippen molar-refractivity contribution in [2.75, 3.05) is 0 Å². The smallest absolute Gasteiger partial charge is 0.242 e. The highest BCUT2D eigenvalue weighted by molar-refractivity contribution is 7.89. The van der Waals surface area contributed by atoms with Crippen LogP contribution >= 0.6 is 0 Å². The SMILES string of the molecule is CC(C)[C@@H](NS(=O)(=O)c1cccnc1)c1ncnn1C. The molecule has 0 aliphatic heterocycles. The number of hydrogen-bond donors (Lipinski definition) is 1. The van der Waals surface area contributed by atoms with E-state index in [4.69, 9.17) is 0 Å². The average Bonchev–Trinajstić information content (AvgIpc) is 2.83. The van der Waals surface area contributed by atoms with E-state index in [0.29, 0.717) is 5.82 Å². The standard InChI is InChI=1S/C12H17N5O2S/c1-9(2)11(12-14-8-15-17(12)3)16-20(18,19)10-5-4-6-13-7-10/h4-9,11,16H,1-3H3/t11-/m1/s1. The van der Waals surface area contributed by atoms with Gasteiger partial charge in [-0.15, -0.1) is 0 Å². The number of nitrogens with one attached hydrogen (secondary N) is 1. The van der Waals surface area contributed by atoms with Gasteiger partial charge in [0.1, 0.15) is 17.0 Å². The molecular formula is C12H17N5O2S. The molecule has 1 N–H and O–H groups in total. The first-order valence-corrected chi connectivity index (χ1v) is 7.66. The van der Waals surface area contributed by atoms with Crippen LogP contribution in [-0.2, 0) is 17.1 Å². The summed E-state index contributed by atoms with van der Waals surface area (Å²) in [5, 5.41) is 3.98. The third kappa shape index (κ3) is 3.02. The van der Waals surface area contributed by atoms with E-state index in [-0.39, 0.29) is 10.8 Å². The molecule has 0 aliphatic carbocycles. The second-order valence-corrected chi connectivity index (χ2v) is 6.49. The van der Waals surface area contributed by atoms with Crippen molar-refractivity contribution < 1.29 is 8.42 Å². The van der Waals surface area contributed by atoms with Gasteiger partial charge in [-0.25, -0.2) is 18.1 Å². The maximum atomic E-state index is 12.3. The monoisotopic (exact) mass is 295 g/mol. The zero-order chi connectivity index (χ0) is 14.8. The van der Waals surface area contributed by atoms with E-state index in [1.165, 1.54) is 24.8 Å². The van der Waals surface area contributed by atoms with Crippen molar-refractivity contribution in [3.63, 3.8) is 0 Å². The van der Waals surface area contributed by atoms with Crippen molar-refractivity contribution >= 4 is 10.0 Å². The summed E-state index contributed by atoms with van der Waals surface area (Å²) in [6, 6.07) is 2.64. The highest BCUT2D eigenvalue weighted by Crippen LogP contribution is 2.21. The van der Waals surface area contributed by atoms with Gasteiger partial charge in [-0.1, -0.05) is 13.8 Å². The van der Waals surface area contributed by atoms with Gasteiger partial charge in [0.15, 0.2) is 0 Å². The van der Waals surface area contributed by atoms with Crippen molar-refractivity contribution in [2.24, 2.45) is 13.0 Å². The Morgan fingerprint density at radius 1 is 1.35 bits per heavy atom. The predicted octanol–water partition coefficient (Wildman–Crippen LogP) is 0.886. The van der Waals surface area contributed by atoms with E-state index in [1.54, 1.807) is 17.8 Å². The molecular weight excluding hydrogens is 278 g/mol. The van der Waals surface area contributed by atoms with Crippen LogP contribution in [0, 0.1) is 5.92 Å². The molecule has 8 heteroatoms. The molecule has 0 saturated carbocycles. The van der Waals surface area contributed by atoms with Crippen LogP contribution in [0.4, 0.5) is 0 Å². The summed E-state index contributed by atoms with van der Waals surface area (Å²) >= 11 is 0. The number of aryl methyl sites for hydroxylation is 1. The van der Waals surface area contributed by atoms with Crippen molar-refractivity contribution in [1.82, 2.24) is 24.5 Å². The second kappa shape index (κ2) is 5.68. The lowest BCUT2D eigenvalue weighted by Crippen LogP contribution is -2.33. The molecule has 0 aromatic carbocycles. The van der Waals surface area contributed by atoms with E-state index < -0.39 is 16.1 Å². The number of rotatable bonds is 5. The van der Waals surface area contributed by atoms with Gasteiger partial charge in [0.2, 0.25) is 10.0 Å². The molecule has 20 heavy (non-hydrogen) atoms. The van der Waals surface area contributed by atoms with Crippen LogP contribution in [-0.4, -0.2) is 28.2 Å². The topological polar surface area (TPSA) is 89.8 Å². The molecule has 2 aromatic rings. The summed E-state index contributed by atoms with van der Waals surface area (Å²) in [5.41, 5.74) is 0. The summed E-state index contributed by atoms with van der Waals surface area (Å²) in [7, 11) is -1.91. The maximum absolute atomic E-state index is 12.3. The van der Waals surface area contributed by atoms with Crippen molar-refractivity contribution in [1.29, 1.82) is 0 Å². The quantitative estimate of drug-likeness (QED) is 0.884. The number of pyridine rings is 1. The third-order valence-corrected chi connectivity index (χ3v) is 4.34. The Morgan fingerprint density at radius 2 is 2.10 bits per heavy atom. The third-order valence-electron chi connectivity index (χ3n) is 2.92. The molecule has 1 atom stereocenters. The van der Waals surface area contributed by atoms with Gasteiger partial charge in [-0.2, -0.15) is 5.10 Å². The van der Waals surface area contributed by atoms with Gasteiger partial charge in [-0.3, -0.25) is 9.67 Å². The van der Waals surface area contributed by atoms with E-state index in [1.807, 2.05) is 13.8 Å². The molecule has 108 valence electrons. The first kappa shape index (κ1) is 14.6. The summed E-state index contributed by atoms with van der Waals surface area (Å²) < 4.78 is 28.9. The molecule has 2 aromatic heterocycles. The van der Waals surface area contributed by atoms with Crippen LogP contribution in [0.1, 0.15) is 25.7 Å². The van der Waals surface area contributed by atoms with Gasteiger partial charge in [0, 0.05) is 19.4 Å². The fourth-order valence-corrected chi connectivity index (χ4v) is 3.12. The van der Waals surface area contributed by atoms with E-state index in [9.17, 15) is 8.42 Å². The lowest BCUT2D eigenvalue weighted by atomic mass is 10.1. The van der Waals surface area contributed by atoms with E-state index in [2.05, 4.69) is 19.8 Å². The molecule has 0 fully saturated rings.